The van der Waals surface area contributed by atoms with E-state index in [4.69, 9.17) is 0 Å². The molecule has 1 fully saturated rings. The van der Waals surface area contributed by atoms with Crippen LogP contribution in [0.1, 0.15) is 6.92 Å². The number of hydrogen-bond donors (Lipinski definition) is 0. The largest absolute Gasteiger partial charge is 0.354 e. The zero-order chi connectivity index (χ0) is 11.4. The molecule has 1 aliphatic heterocycles. The Morgan fingerprint density at radius 3 is 2.07 bits per heavy atom. The average molecular weight is 221 g/mol. The fourth-order valence-electron chi connectivity index (χ4n) is 1.05. The summed E-state index contributed by atoms with van der Waals surface area (Å²) >= 11 is 0. The summed E-state index contributed by atoms with van der Waals surface area (Å²) in [5.41, 5.74) is -4.23. The highest BCUT2D eigenvalue weighted by atomic mass is 19.3. The van der Waals surface area contributed by atoms with Crippen LogP contribution in [-0.2, 0) is 4.79 Å². The molecular weight excluding hydrogens is 216 g/mol. The lowest BCUT2D eigenvalue weighted by molar-refractivity contribution is -0.301. The number of amides is 1. The molecule has 1 unspecified atom stereocenters. The second kappa shape index (κ2) is 2.54. The fourth-order valence-corrected chi connectivity index (χ4v) is 1.05. The van der Waals surface area contributed by atoms with Crippen LogP contribution in [0.3, 0.4) is 0 Å². The SMILES string of the molecule is CC1(F)C(=O)N(F)CC(F)(F)C1(F)F. The van der Waals surface area contributed by atoms with E-state index in [1.807, 2.05) is 0 Å². The number of carbonyl (C=O) groups excluding carboxylic acids is 1. The summed E-state index contributed by atoms with van der Waals surface area (Å²) < 4.78 is 75.5. The van der Waals surface area contributed by atoms with Crippen LogP contribution in [0.2, 0.25) is 0 Å². The number of hydrogen-bond acceptors (Lipinski definition) is 1. The molecule has 0 aromatic carbocycles. The van der Waals surface area contributed by atoms with E-state index in [-0.39, 0.29) is 6.92 Å². The van der Waals surface area contributed by atoms with E-state index >= 15 is 0 Å². The summed E-state index contributed by atoms with van der Waals surface area (Å²) in [6.07, 6.45) is 0. The van der Waals surface area contributed by atoms with Crippen molar-refractivity contribution in [1.82, 2.24) is 5.12 Å². The Hall–Kier alpha value is -0.950. The predicted molar refractivity (Wildman–Crippen MR) is 32.2 cm³/mol. The number of nitrogens with zero attached hydrogens (tertiary/aromatic N) is 1. The number of rotatable bonds is 0. The van der Waals surface area contributed by atoms with E-state index in [0.717, 1.165) is 0 Å². The van der Waals surface area contributed by atoms with Crippen molar-refractivity contribution in [1.29, 1.82) is 0 Å². The van der Waals surface area contributed by atoms with Gasteiger partial charge in [-0.3, -0.25) is 4.79 Å². The third kappa shape index (κ3) is 1.09. The van der Waals surface area contributed by atoms with Crippen molar-refractivity contribution in [2.45, 2.75) is 24.4 Å². The third-order valence-corrected chi connectivity index (χ3v) is 2.01. The lowest BCUT2D eigenvalue weighted by Crippen LogP contribution is -2.69. The maximum Gasteiger partial charge on any atom is 0.354 e. The third-order valence-electron chi connectivity index (χ3n) is 2.01. The Morgan fingerprint density at radius 2 is 1.64 bits per heavy atom. The first-order valence-corrected chi connectivity index (χ1v) is 3.46. The Balaban J connectivity index is 3.22. The van der Waals surface area contributed by atoms with Crippen LogP contribution in [0.15, 0.2) is 0 Å². The van der Waals surface area contributed by atoms with Crippen LogP contribution in [0.25, 0.3) is 0 Å². The molecule has 2 nitrogen and oxygen atoms in total. The molecule has 0 aliphatic carbocycles. The van der Waals surface area contributed by atoms with Gasteiger partial charge in [-0.15, -0.1) is 0 Å². The molecule has 1 aliphatic rings. The van der Waals surface area contributed by atoms with Crippen molar-refractivity contribution < 1.29 is 31.2 Å². The maximum absolute atomic E-state index is 12.9. The van der Waals surface area contributed by atoms with E-state index in [0.29, 0.717) is 0 Å². The molecule has 14 heavy (non-hydrogen) atoms. The quantitative estimate of drug-likeness (QED) is 0.450. The van der Waals surface area contributed by atoms with Gasteiger partial charge in [-0.2, -0.15) is 22.7 Å². The van der Waals surface area contributed by atoms with E-state index in [1.54, 1.807) is 0 Å². The van der Waals surface area contributed by atoms with Gasteiger partial charge in [0.2, 0.25) is 0 Å². The van der Waals surface area contributed by atoms with Crippen LogP contribution in [0, 0.1) is 0 Å². The monoisotopic (exact) mass is 221 g/mol. The molecule has 1 rings (SSSR count). The van der Waals surface area contributed by atoms with Gasteiger partial charge in [0, 0.05) is 0 Å². The van der Waals surface area contributed by atoms with Crippen LogP contribution < -0.4 is 0 Å². The summed E-state index contributed by atoms with van der Waals surface area (Å²) in [7, 11) is 0. The Kier molecular flexibility index (Phi) is 2.02. The molecule has 8 heteroatoms. The first kappa shape index (κ1) is 11.1. The van der Waals surface area contributed by atoms with Gasteiger partial charge in [-0.05, 0) is 6.92 Å². The van der Waals surface area contributed by atoms with E-state index in [2.05, 4.69) is 0 Å². The van der Waals surface area contributed by atoms with Gasteiger partial charge in [0.15, 0.2) is 0 Å². The number of piperidine rings is 1. The molecule has 0 aromatic rings. The molecular formula is C6H5F6NO. The smallest absolute Gasteiger partial charge is 0.268 e. The van der Waals surface area contributed by atoms with Gasteiger partial charge in [-0.1, -0.05) is 4.48 Å². The standard InChI is InChI=1S/C6H5F6NO/c1-4(7)3(14)13(12)2-5(8,9)6(4,10)11/h2H2,1H3. The zero-order valence-electron chi connectivity index (χ0n) is 6.83. The zero-order valence-corrected chi connectivity index (χ0v) is 6.83. The molecule has 0 bridgehead atoms. The Labute approximate surface area is 74.4 Å². The highest BCUT2D eigenvalue weighted by Gasteiger charge is 2.76. The molecule has 0 saturated carbocycles. The number of alkyl halides is 5. The summed E-state index contributed by atoms with van der Waals surface area (Å²) in [4.78, 5) is 10.5. The van der Waals surface area contributed by atoms with Gasteiger partial charge < -0.3 is 0 Å². The van der Waals surface area contributed by atoms with Gasteiger partial charge in [0.1, 0.15) is 6.54 Å². The minimum absolute atomic E-state index is 0.0744. The second-order valence-electron chi connectivity index (χ2n) is 3.11. The molecule has 1 atom stereocenters. The lowest BCUT2D eigenvalue weighted by atomic mass is 9.89. The molecule has 0 aromatic heterocycles. The topological polar surface area (TPSA) is 20.3 Å². The predicted octanol–water partition coefficient (Wildman–Crippen LogP) is 1.71. The lowest BCUT2D eigenvalue weighted by Gasteiger charge is -2.40. The second-order valence-corrected chi connectivity index (χ2v) is 3.11. The first-order chi connectivity index (χ1) is 6.04. The van der Waals surface area contributed by atoms with Crippen molar-refractivity contribution in [3.63, 3.8) is 0 Å². The fraction of sp³-hybridized carbons (Fsp3) is 0.833. The highest BCUT2D eigenvalue weighted by molar-refractivity contribution is 5.86. The Morgan fingerprint density at radius 1 is 1.21 bits per heavy atom. The first-order valence-electron chi connectivity index (χ1n) is 3.46. The maximum atomic E-state index is 12.9. The highest BCUT2D eigenvalue weighted by Crippen LogP contribution is 2.49. The molecule has 1 amide bonds. The van der Waals surface area contributed by atoms with E-state index < -0.39 is 35.1 Å². The van der Waals surface area contributed by atoms with Crippen LogP contribution in [-0.4, -0.2) is 35.1 Å². The average Bonchev–Trinajstić information content (AvgIpc) is 1.99. The summed E-state index contributed by atoms with van der Waals surface area (Å²) in [6, 6.07) is 0. The van der Waals surface area contributed by atoms with Crippen LogP contribution in [0.5, 0.6) is 0 Å². The van der Waals surface area contributed by atoms with Gasteiger partial charge in [0.05, 0.1) is 0 Å². The summed E-state index contributed by atoms with van der Waals surface area (Å²) in [5.74, 6) is -12.4. The van der Waals surface area contributed by atoms with Crippen LogP contribution >= 0.6 is 0 Å². The number of halogens is 6. The molecule has 0 N–H and O–H groups in total. The normalized spacial score (nSPS) is 35.9. The van der Waals surface area contributed by atoms with Gasteiger partial charge >= 0.3 is 11.8 Å². The van der Waals surface area contributed by atoms with Crippen molar-refractivity contribution in [3.05, 3.63) is 0 Å². The summed E-state index contributed by atoms with van der Waals surface area (Å²) in [6.45, 7) is -2.21. The van der Waals surface area contributed by atoms with Crippen molar-refractivity contribution >= 4 is 5.91 Å². The minimum Gasteiger partial charge on any atom is -0.268 e. The minimum atomic E-state index is -5.21. The van der Waals surface area contributed by atoms with Crippen molar-refractivity contribution in [2.75, 3.05) is 6.54 Å². The van der Waals surface area contributed by atoms with Gasteiger partial charge in [-0.25, -0.2) is 4.39 Å². The number of carbonyl (C=O) groups is 1. The van der Waals surface area contributed by atoms with E-state index in [1.165, 1.54) is 0 Å². The van der Waals surface area contributed by atoms with E-state index in [9.17, 15) is 31.2 Å². The molecule has 0 radical (unpaired) electrons. The molecule has 0 spiro atoms. The van der Waals surface area contributed by atoms with Crippen molar-refractivity contribution in [2.24, 2.45) is 0 Å². The molecule has 1 saturated heterocycles. The molecule has 1 heterocycles. The van der Waals surface area contributed by atoms with Crippen molar-refractivity contribution in [3.8, 4) is 0 Å². The summed E-state index contributed by atoms with van der Waals surface area (Å²) in [5, 5.41) is -1.24. The van der Waals surface area contributed by atoms with Gasteiger partial charge in [0.25, 0.3) is 11.6 Å². The van der Waals surface area contributed by atoms with Crippen LogP contribution in [0.4, 0.5) is 26.4 Å². The Bertz CT molecular complexity index is 275. The molecule has 82 valence electrons.